The van der Waals surface area contributed by atoms with Crippen LogP contribution in [0.2, 0.25) is 0 Å². The van der Waals surface area contributed by atoms with Gasteiger partial charge in [0.25, 0.3) is 5.91 Å². The van der Waals surface area contributed by atoms with Gasteiger partial charge >= 0.3 is 0 Å². The van der Waals surface area contributed by atoms with E-state index in [1.165, 1.54) is 0 Å². The highest BCUT2D eigenvalue weighted by atomic mass is 16.2. The SMILES string of the molecule is CCCC(C(=O)NN)N1CCCC1C(=O)NC. The number of carbonyl (C=O) groups is 2. The molecule has 1 aliphatic rings. The summed E-state index contributed by atoms with van der Waals surface area (Å²) >= 11 is 0. The maximum absolute atomic E-state index is 11.7. The number of likely N-dealkylation sites (tertiary alicyclic amines) is 1. The molecule has 0 radical (unpaired) electrons. The van der Waals surface area contributed by atoms with Crippen LogP contribution in [-0.4, -0.2) is 42.4 Å². The largest absolute Gasteiger partial charge is 0.358 e. The molecule has 0 saturated carbocycles. The molecule has 1 fully saturated rings. The molecule has 0 aromatic rings. The van der Waals surface area contributed by atoms with E-state index in [0.717, 1.165) is 32.2 Å². The predicted octanol–water partition coefficient (Wildman–Crippen LogP) is -0.645. The second-order valence-electron chi connectivity index (χ2n) is 4.32. The maximum Gasteiger partial charge on any atom is 0.251 e. The second kappa shape index (κ2) is 6.56. The Labute approximate surface area is 102 Å². The number of nitrogens with two attached hydrogens (primary N) is 1. The van der Waals surface area contributed by atoms with Crippen molar-refractivity contribution in [1.29, 1.82) is 0 Å². The molecule has 1 rings (SSSR count). The van der Waals surface area contributed by atoms with Crippen molar-refractivity contribution >= 4 is 11.8 Å². The van der Waals surface area contributed by atoms with Crippen LogP contribution in [0.25, 0.3) is 0 Å². The van der Waals surface area contributed by atoms with Crippen LogP contribution in [0.4, 0.5) is 0 Å². The minimum absolute atomic E-state index is 0.0200. The number of nitrogens with one attached hydrogen (secondary N) is 2. The van der Waals surface area contributed by atoms with E-state index in [9.17, 15) is 9.59 Å². The maximum atomic E-state index is 11.7. The molecule has 0 bridgehead atoms. The van der Waals surface area contributed by atoms with Gasteiger partial charge in [-0.1, -0.05) is 13.3 Å². The summed E-state index contributed by atoms with van der Waals surface area (Å²) in [4.78, 5) is 25.4. The van der Waals surface area contributed by atoms with E-state index in [1.54, 1.807) is 7.05 Å². The van der Waals surface area contributed by atoms with Gasteiger partial charge in [0.2, 0.25) is 5.91 Å². The van der Waals surface area contributed by atoms with Crippen LogP contribution in [0, 0.1) is 0 Å². The van der Waals surface area contributed by atoms with Crippen LogP contribution in [-0.2, 0) is 9.59 Å². The summed E-state index contributed by atoms with van der Waals surface area (Å²) in [6, 6.07) is -0.497. The molecule has 1 heterocycles. The molecule has 98 valence electrons. The van der Waals surface area contributed by atoms with Crippen LogP contribution >= 0.6 is 0 Å². The Hall–Kier alpha value is -1.14. The molecule has 2 atom stereocenters. The normalized spacial score (nSPS) is 22.2. The summed E-state index contributed by atoms with van der Waals surface area (Å²) in [5.41, 5.74) is 2.19. The molecule has 1 aliphatic heterocycles. The van der Waals surface area contributed by atoms with E-state index in [0.29, 0.717) is 0 Å². The molecule has 2 unspecified atom stereocenters. The quantitative estimate of drug-likeness (QED) is 0.340. The van der Waals surface area contributed by atoms with E-state index < -0.39 is 0 Å². The van der Waals surface area contributed by atoms with Crippen LogP contribution in [0.5, 0.6) is 0 Å². The standard InChI is InChI=1S/C11H22N4O2/c1-3-5-8(11(17)14-12)15-7-4-6-9(15)10(16)13-2/h8-9H,3-7,12H2,1-2H3,(H,13,16)(H,14,17). The molecule has 6 nitrogen and oxygen atoms in total. The molecule has 0 aromatic carbocycles. The van der Waals surface area contributed by atoms with Gasteiger partial charge in [0.1, 0.15) is 0 Å². The number of carbonyl (C=O) groups excluding carboxylic acids is 2. The van der Waals surface area contributed by atoms with Gasteiger partial charge in [-0.3, -0.25) is 19.9 Å². The summed E-state index contributed by atoms with van der Waals surface area (Å²) in [5.74, 6) is 4.97. The molecule has 0 aliphatic carbocycles. The zero-order valence-electron chi connectivity index (χ0n) is 10.5. The zero-order valence-corrected chi connectivity index (χ0v) is 10.5. The predicted molar refractivity (Wildman–Crippen MR) is 64.8 cm³/mol. The first-order valence-corrected chi connectivity index (χ1v) is 6.13. The summed E-state index contributed by atoms with van der Waals surface area (Å²) in [5, 5.41) is 2.65. The van der Waals surface area contributed by atoms with Crippen molar-refractivity contribution < 1.29 is 9.59 Å². The van der Waals surface area contributed by atoms with Crippen LogP contribution in [0.3, 0.4) is 0 Å². The first-order valence-electron chi connectivity index (χ1n) is 6.13. The number of hydrogen-bond acceptors (Lipinski definition) is 4. The van der Waals surface area contributed by atoms with Crippen molar-refractivity contribution in [2.45, 2.75) is 44.7 Å². The van der Waals surface area contributed by atoms with Gasteiger partial charge in [-0.2, -0.15) is 0 Å². The Morgan fingerprint density at radius 2 is 2.24 bits per heavy atom. The lowest BCUT2D eigenvalue weighted by atomic mass is 10.1. The third-order valence-electron chi connectivity index (χ3n) is 3.25. The van der Waals surface area contributed by atoms with Gasteiger partial charge < -0.3 is 5.32 Å². The molecular weight excluding hydrogens is 220 g/mol. The molecule has 0 aromatic heterocycles. The summed E-state index contributed by atoms with van der Waals surface area (Å²) < 4.78 is 0. The highest BCUT2D eigenvalue weighted by Gasteiger charge is 2.37. The van der Waals surface area contributed by atoms with Gasteiger partial charge in [0, 0.05) is 7.05 Å². The lowest BCUT2D eigenvalue weighted by Gasteiger charge is -2.30. The molecule has 0 spiro atoms. The topological polar surface area (TPSA) is 87.5 Å². The van der Waals surface area contributed by atoms with E-state index in [2.05, 4.69) is 10.7 Å². The number of likely N-dealkylation sites (N-methyl/N-ethyl adjacent to an activating group) is 1. The Bertz CT molecular complexity index is 283. The number of hydrazine groups is 1. The Balaban J connectivity index is 2.78. The Morgan fingerprint density at radius 3 is 2.76 bits per heavy atom. The van der Waals surface area contributed by atoms with E-state index in [-0.39, 0.29) is 23.9 Å². The van der Waals surface area contributed by atoms with Crippen molar-refractivity contribution in [2.24, 2.45) is 5.84 Å². The number of rotatable bonds is 5. The van der Waals surface area contributed by atoms with Gasteiger partial charge in [-0.15, -0.1) is 0 Å². The van der Waals surface area contributed by atoms with Gasteiger partial charge in [0.15, 0.2) is 0 Å². The molecule has 1 saturated heterocycles. The van der Waals surface area contributed by atoms with Crippen molar-refractivity contribution in [1.82, 2.24) is 15.6 Å². The number of amides is 2. The third kappa shape index (κ3) is 3.17. The molecule has 2 amide bonds. The highest BCUT2D eigenvalue weighted by Crippen LogP contribution is 2.22. The minimum Gasteiger partial charge on any atom is -0.358 e. The van der Waals surface area contributed by atoms with Gasteiger partial charge in [0.05, 0.1) is 12.1 Å². The van der Waals surface area contributed by atoms with Crippen LogP contribution < -0.4 is 16.6 Å². The Morgan fingerprint density at radius 1 is 1.53 bits per heavy atom. The van der Waals surface area contributed by atoms with Crippen molar-refractivity contribution in [3.63, 3.8) is 0 Å². The Kier molecular flexibility index (Phi) is 5.37. The second-order valence-corrected chi connectivity index (χ2v) is 4.32. The van der Waals surface area contributed by atoms with E-state index >= 15 is 0 Å². The van der Waals surface area contributed by atoms with Gasteiger partial charge in [-0.05, 0) is 25.8 Å². The van der Waals surface area contributed by atoms with Crippen molar-refractivity contribution in [3.05, 3.63) is 0 Å². The summed E-state index contributed by atoms with van der Waals surface area (Å²) in [6.07, 6.45) is 3.35. The summed E-state index contributed by atoms with van der Waals surface area (Å²) in [7, 11) is 1.62. The molecule has 4 N–H and O–H groups in total. The lowest BCUT2D eigenvalue weighted by Crippen LogP contribution is -2.54. The monoisotopic (exact) mass is 242 g/mol. The van der Waals surface area contributed by atoms with Crippen LogP contribution in [0.15, 0.2) is 0 Å². The van der Waals surface area contributed by atoms with Crippen molar-refractivity contribution in [3.8, 4) is 0 Å². The zero-order chi connectivity index (χ0) is 12.8. The smallest absolute Gasteiger partial charge is 0.251 e. The van der Waals surface area contributed by atoms with E-state index in [4.69, 9.17) is 5.84 Å². The molecule has 17 heavy (non-hydrogen) atoms. The number of nitrogens with zero attached hydrogens (tertiary/aromatic N) is 1. The van der Waals surface area contributed by atoms with Crippen LogP contribution in [0.1, 0.15) is 32.6 Å². The van der Waals surface area contributed by atoms with E-state index in [1.807, 2.05) is 11.8 Å². The average molecular weight is 242 g/mol. The fourth-order valence-electron chi connectivity index (χ4n) is 2.43. The fourth-order valence-corrected chi connectivity index (χ4v) is 2.43. The first-order chi connectivity index (χ1) is 8.15. The first kappa shape index (κ1) is 13.9. The highest BCUT2D eigenvalue weighted by molar-refractivity contribution is 5.85. The van der Waals surface area contributed by atoms with Crippen molar-refractivity contribution in [2.75, 3.05) is 13.6 Å². The fraction of sp³-hybridized carbons (Fsp3) is 0.818. The molecular formula is C11H22N4O2. The summed E-state index contributed by atoms with van der Waals surface area (Å²) in [6.45, 7) is 2.79. The minimum atomic E-state index is -0.296. The van der Waals surface area contributed by atoms with Gasteiger partial charge in [-0.25, -0.2) is 5.84 Å². The average Bonchev–Trinajstić information content (AvgIpc) is 2.82. The molecule has 6 heteroatoms. The third-order valence-corrected chi connectivity index (χ3v) is 3.25. The lowest BCUT2D eigenvalue weighted by molar-refractivity contribution is -0.131. The number of hydrogen-bond donors (Lipinski definition) is 3.